The van der Waals surface area contributed by atoms with Crippen molar-refractivity contribution in [2.75, 3.05) is 6.61 Å². The van der Waals surface area contributed by atoms with Crippen molar-refractivity contribution >= 4 is 32.9 Å². The van der Waals surface area contributed by atoms with E-state index in [2.05, 4.69) is 27.0 Å². The smallest absolute Gasteiger partial charge is 0.128 e. The first-order chi connectivity index (χ1) is 8.31. The second-order valence-corrected chi connectivity index (χ2v) is 4.83. The summed E-state index contributed by atoms with van der Waals surface area (Å²) in [7, 11) is 0. The van der Waals surface area contributed by atoms with Crippen molar-refractivity contribution in [1.29, 1.82) is 0 Å². The highest BCUT2D eigenvalue weighted by molar-refractivity contribution is 9.10. The third kappa shape index (κ3) is 1.65. The number of aliphatic imine (C=N–C) groups is 1. The Morgan fingerprint density at radius 3 is 3.12 bits per heavy atom. The second kappa shape index (κ2) is 4.15. The van der Waals surface area contributed by atoms with Crippen molar-refractivity contribution in [3.63, 3.8) is 0 Å². The minimum absolute atomic E-state index is 0.677. The number of ether oxygens (including phenoxy) is 1. The zero-order valence-corrected chi connectivity index (χ0v) is 11.1. The molecular weight excluding hydrogens is 278 g/mol. The molecule has 2 nitrogen and oxygen atoms in total. The molecule has 17 heavy (non-hydrogen) atoms. The number of allylic oxidation sites excluding steroid dienone is 3. The Balaban J connectivity index is 2.23. The molecule has 0 saturated carbocycles. The summed E-state index contributed by atoms with van der Waals surface area (Å²) in [4.78, 5) is 4.66. The lowest BCUT2D eigenvalue weighted by Gasteiger charge is -2.15. The zero-order valence-electron chi connectivity index (χ0n) is 9.53. The largest absolute Gasteiger partial charge is 0.493 e. The van der Waals surface area contributed by atoms with Gasteiger partial charge in [0.25, 0.3) is 0 Å². The first-order valence-corrected chi connectivity index (χ1v) is 6.51. The van der Waals surface area contributed by atoms with Crippen molar-refractivity contribution in [2.24, 2.45) is 4.99 Å². The fraction of sp³-hybridized carbons (Fsp3) is 0.214. The van der Waals surface area contributed by atoms with E-state index in [-0.39, 0.29) is 0 Å². The van der Waals surface area contributed by atoms with Gasteiger partial charge < -0.3 is 4.74 Å². The molecule has 1 aliphatic heterocycles. The molecule has 0 aromatic heterocycles. The minimum atomic E-state index is 0.677. The van der Waals surface area contributed by atoms with E-state index in [1.165, 1.54) is 0 Å². The van der Waals surface area contributed by atoms with E-state index in [9.17, 15) is 0 Å². The number of hydrogen-bond donors (Lipinski definition) is 0. The Hall–Kier alpha value is -1.35. The summed E-state index contributed by atoms with van der Waals surface area (Å²) in [6, 6.07) is 6.10. The minimum Gasteiger partial charge on any atom is -0.493 e. The molecule has 1 heterocycles. The van der Waals surface area contributed by atoms with E-state index in [1.807, 2.05) is 31.2 Å². The molecule has 3 heteroatoms. The summed E-state index contributed by atoms with van der Waals surface area (Å²) in [5, 5.41) is 0. The predicted octanol–water partition coefficient (Wildman–Crippen LogP) is 4.24. The molecule has 1 aliphatic carbocycles. The summed E-state index contributed by atoms with van der Waals surface area (Å²) in [6.45, 7) is 2.68. The van der Waals surface area contributed by atoms with E-state index >= 15 is 0 Å². The van der Waals surface area contributed by atoms with Crippen LogP contribution in [0.2, 0.25) is 0 Å². The molecule has 0 fully saturated rings. The highest BCUT2D eigenvalue weighted by atomic mass is 79.9. The lowest BCUT2D eigenvalue weighted by atomic mass is 9.96. The quantitative estimate of drug-likeness (QED) is 0.798. The van der Waals surface area contributed by atoms with Crippen molar-refractivity contribution in [2.45, 2.75) is 13.3 Å². The molecule has 3 rings (SSSR count). The molecule has 0 N–H and O–H groups in total. The third-order valence-corrected chi connectivity index (χ3v) is 3.57. The van der Waals surface area contributed by atoms with Crippen LogP contribution in [0.5, 0.6) is 0 Å². The van der Waals surface area contributed by atoms with Gasteiger partial charge in [-0.2, -0.15) is 0 Å². The Kier molecular flexibility index (Phi) is 2.63. The van der Waals surface area contributed by atoms with Crippen molar-refractivity contribution in [1.82, 2.24) is 0 Å². The van der Waals surface area contributed by atoms with E-state index < -0.39 is 0 Å². The normalized spacial score (nSPS) is 16.7. The van der Waals surface area contributed by atoms with Crippen LogP contribution in [0.3, 0.4) is 0 Å². The van der Waals surface area contributed by atoms with E-state index in [0.717, 1.165) is 39.2 Å². The highest BCUT2D eigenvalue weighted by Crippen LogP contribution is 2.43. The Morgan fingerprint density at radius 1 is 1.41 bits per heavy atom. The van der Waals surface area contributed by atoms with Crippen molar-refractivity contribution in [3.8, 4) is 0 Å². The lowest BCUT2D eigenvalue weighted by molar-refractivity contribution is 0.244. The molecule has 0 atom stereocenters. The lowest BCUT2D eigenvalue weighted by Crippen LogP contribution is -2.06. The van der Waals surface area contributed by atoms with Gasteiger partial charge in [0.2, 0.25) is 0 Å². The van der Waals surface area contributed by atoms with Gasteiger partial charge in [-0.3, -0.25) is 4.99 Å². The molecule has 0 saturated heterocycles. The van der Waals surface area contributed by atoms with Gasteiger partial charge in [-0.05, 0) is 25.1 Å². The number of benzene rings is 1. The molecule has 0 bridgehead atoms. The van der Waals surface area contributed by atoms with E-state index in [1.54, 1.807) is 0 Å². The van der Waals surface area contributed by atoms with Gasteiger partial charge in [0.15, 0.2) is 0 Å². The average Bonchev–Trinajstić information content (AvgIpc) is 2.70. The topological polar surface area (TPSA) is 21.6 Å². The molecule has 1 aromatic rings. The van der Waals surface area contributed by atoms with Crippen LogP contribution in [0.1, 0.15) is 18.9 Å². The Labute approximate surface area is 109 Å². The monoisotopic (exact) mass is 289 g/mol. The molecule has 0 radical (unpaired) electrons. The van der Waals surface area contributed by atoms with Gasteiger partial charge in [0.1, 0.15) is 5.76 Å². The first kappa shape index (κ1) is 10.8. The summed E-state index contributed by atoms with van der Waals surface area (Å²) in [5.74, 6) is 0.933. The van der Waals surface area contributed by atoms with Gasteiger partial charge in [0.05, 0.1) is 18.0 Å². The highest BCUT2D eigenvalue weighted by Gasteiger charge is 2.27. The molecule has 0 unspecified atom stereocenters. The maximum absolute atomic E-state index is 5.70. The second-order valence-electron chi connectivity index (χ2n) is 3.97. The number of nitrogens with zero attached hydrogens (tertiary/aromatic N) is 1. The van der Waals surface area contributed by atoms with Gasteiger partial charge in [0, 0.05) is 22.0 Å². The number of rotatable bonds is 2. The zero-order chi connectivity index (χ0) is 11.8. The summed E-state index contributed by atoms with van der Waals surface area (Å²) >= 11 is 3.60. The summed E-state index contributed by atoms with van der Waals surface area (Å²) < 4.78 is 6.78. The number of fused-ring (bicyclic) bond motifs is 3. The number of halogens is 1. The molecule has 1 aromatic carbocycles. The molecule has 2 aliphatic rings. The predicted molar refractivity (Wildman–Crippen MR) is 73.5 cm³/mol. The fourth-order valence-electron chi connectivity index (χ4n) is 2.25. The van der Waals surface area contributed by atoms with Crippen LogP contribution in [-0.4, -0.2) is 12.3 Å². The van der Waals surface area contributed by atoms with Gasteiger partial charge in [-0.1, -0.05) is 28.1 Å². The summed E-state index contributed by atoms with van der Waals surface area (Å²) in [6.07, 6.45) is 5.03. The molecule has 86 valence electrons. The van der Waals surface area contributed by atoms with Gasteiger partial charge in [-0.15, -0.1) is 0 Å². The van der Waals surface area contributed by atoms with Crippen molar-refractivity contribution in [3.05, 3.63) is 46.1 Å². The Bertz CT molecular complexity index is 570. The van der Waals surface area contributed by atoms with Gasteiger partial charge in [-0.25, -0.2) is 0 Å². The van der Waals surface area contributed by atoms with Crippen LogP contribution in [0.15, 0.2) is 45.6 Å². The van der Waals surface area contributed by atoms with Crippen LogP contribution in [0.4, 0.5) is 5.69 Å². The number of hydrogen-bond acceptors (Lipinski definition) is 2. The van der Waals surface area contributed by atoms with E-state index in [4.69, 9.17) is 4.74 Å². The molecule has 0 amide bonds. The molecule has 0 spiro atoms. The maximum atomic E-state index is 5.70. The standard InChI is InChI=1S/C14H12BrNO/c1-2-17-12-8-4-7-11-14(12)13-9(15)5-3-6-10(13)16-11/h3-6,8H,2,7H2,1H3. The maximum Gasteiger partial charge on any atom is 0.128 e. The fourth-order valence-corrected chi connectivity index (χ4v) is 2.80. The first-order valence-electron chi connectivity index (χ1n) is 5.71. The van der Waals surface area contributed by atoms with Crippen molar-refractivity contribution < 1.29 is 4.74 Å². The summed E-state index contributed by atoms with van der Waals surface area (Å²) in [5.41, 5.74) is 4.45. The van der Waals surface area contributed by atoms with E-state index in [0.29, 0.717) is 6.61 Å². The van der Waals surface area contributed by atoms with Crippen LogP contribution >= 0.6 is 15.9 Å². The van der Waals surface area contributed by atoms with Crippen LogP contribution < -0.4 is 0 Å². The van der Waals surface area contributed by atoms with Crippen LogP contribution in [0, 0.1) is 0 Å². The molecular formula is C14H12BrNO. The van der Waals surface area contributed by atoms with Gasteiger partial charge >= 0.3 is 0 Å². The Morgan fingerprint density at radius 2 is 2.29 bits per heavy atom. The average molecular weight is 290 g/mol. The SMILES string of the molecule is CCOC1=C2C(=Nc3cccc(Br)c32)CC=C1. The third-order valence-electron chi connectivity index (χ3n) is 2.91. The van der Waals surface area contributed by atoms with Crippen LogP contribution in [0.25, 0.3) is 5.57 Å². The van der Waals surface area contributed by atoms with Crippen LogP contribution in [-0.2, 0) is 4.74 Å².